The molecular weight excluding hydrogens is 218 g/mol. The van der Waals surface area contributed by atoms with Crippen molar-refractivity contribution in [1.82, 2.24) is 15.1 Å². The number of aryl methyl sites for hydroxylation is 2. The molecule has 2 rings (SSSR count). The van der Waals surface area contributed by atoms with E-state index < -0.39 is 0 Å². The van der Waals surface area contributed by atoms with E-state index in [1.807, 2.05) is 26.0 Å². The number of hydrogen-bond acceptors (Lipinski definition) is 6. The summed E-state index contributed by atoms with van der Waals surface area (Å²) >= 11 is 0. The molecule has 2 heterocycles. The molecule has 0 atom stereocenters. The number of aromatic nitrogens is 3. The molecule has 2 aromatic rings. The van der Waals surface area contributed by atoms with Crippen LogP contribution in [0.3, 0.4) is 0 Å². The molecule has 0 saturated carbocycles. The van der Waals surface area contributed by atoms with E-state index in [9.17, 15) is 0 Å². The first-order valence-electron chi connectivity index (χ1n) is 5.09. The summed E-state index contributed by atoms with van der Waals surface area (Å²) in [6, 6.07) is 5.44. The quantitative estimate of drug-likeness (QED) is 0.859. The fourth-order valence-electron chi connectivity index (χ4n) is 1.38. The molecule has 0 bridgehead atoms. The van der Waals surface area contributed by atoms with Crippen LogP contribution in [-0.4, -0.2) is 15.1 Å². The highest BCUT2D eigenvalue weighted by atomic mass is 16.5. The molecule has 0 spiro atoms. The van der Waals surface area contributed by atoms with Gasteiger partial charge in [0.05, 0.1) is 6.54 Å². The Labute approximate surface area is 98.3 Å². The molecule has 0 amide bonds. The van der Waals surface area contributed by atoms with Gasteiger partial charge < -0.3 is 9.84 Å². The molecule has 0 aliphatic heterocycles. The maximum atomic E-state index is 8.78. The molecule has 0 radical (unpaired) electrons. The molecule has 86 valence electrons. The molecule has 0 unspecified atom stereocenters. The van der Waals surface area contributed by atoms with Crippen molar-refractivity contribution < 1.29 is 4.52 Å². The predicted molar refractivity (Wildman–Crippen MR) is 60.1 cm³/mol. The maximum Gasteiger partial charge on any atom is 0.224 e. The number of hydrogen-bond donors (Lipinski definition) is 1. The average Bonchev–Trinajstić information content (AvgIpc) is 2.72. The van der Waals surface area contributed by atoms with Crippen molar-refractivity contribution in [2.45, 2.75) is 20.4 Å². The Hall–Kier alpha value is -2.42. The van der Waals surface area contributed by atoms with Crippen molar-refractivity contribution in [2.24, 2.45) is 0 Å². The van der Waals surface area contributed by atoms with Crippen molar-refractivity contribution in [2.75, 3.05) is 5.32 Å². The van der Waals surface area contributed by atoms with Gasteiger partial charge in [0.15, 0.2) is 0 Å². The third-order valence-electron chi connectivity index (χ3n) is 2.07. The van der Waals surface area contributed by atoms with Crippen molar-refractivity contribution in [3.05, 3.63) is 35.0 Å². The molecule has 6 heteroatoms. The summed E-state index contributed by atoms with van der Waals surface area (Å²) in [5.74, 6) is 1.17. The van der Waals surface area contributed by atoms with Gasteiger partial charge in [0.25, 0.3) is 0 Å². The zero-order chi connectivity index (χ0) is 12.3. The van der Waals surface area contributed by atoms with Gasteiger partial charge in [-0.25, -0.2) is 9.97 Å². The lowest BCUT2D eigenvalue weighted by atomic mass is 10.3. The van der Waals surface area contributed by atoms with Gasteiger partial charge in [0.2, 0.25) is 5.95 Å². The summed E-state index contributed by atoms with van der Waals surface area (Å²) < 4.78 is 4.94. The second-order valence-electron chi connectivity index (χ2n) is 3.61. The molecule has 0 aliphatic rings. The largest absolute Gasteiger partial charge is 0.361 e. The summed E-state index contributed by atoms with van der Waals surface area (Å²) in [6.45, 7) is 4.10. The van der Waals surface area contributed by atoms with Crippen molar-refractivity contribution >= 4 is 5.95 Å². The van der Waals surface area contributed by atoms with E-state index >= 15 is 0 Å². The van der Waals surface area contributed by atoms with Gasteiger partial charge in [-0.2, -0.15) is 5.26 Å². The molecule has 2 aromatic heterocycles. The van der Waals surface area contributed by atoms with Gasteiger partial charge in [0, 0.05) is 11.8 Å². The third-order valence-corrected chi connectivity index (χ3v) is 2.07. The standard InChI is InChI=1S/C11H11N5O/c1-7-3-9(5-12)15-11(14-7)13-6-10-4-8(2)17-16-10/h3-4H,6H2,1-2H3,(H,13,14,15). The SMILES string of the molecule is Cc1cc(C#N)nc(NCc2cc(C)on2)n1. The number of anilines is 1. The van der Waals surface area contributed by atoms with Crippen molar-refractivity contribution in [1.29, 1.82) is 5.26 Å². The lowest BCUT2D eigenvalue weighted by Gasteiger charge is -2.03. The molecule has 0 aliphatic carbocycles. The molecule has 0 saturated heterocycles. The van der Waals surface area contributed by atoms with Gasteiger partial charge >= 0.3 is 0 Å². The highest BCUT2D eigenvalue weighted by Crippen LogP contribution is 2.07. The Kier molecular flexibility index (Phi) is 3.01. The minimum absolute atomic E-state index is 0.344. The van der Waals surface area contributed by atoms with Gasteiger partial charge in [-0.05, 0) is 19.9 Å². The Bertz CT molecular complexity index is 569. The maximum absolute atomic E-state index is 8.78. The van der Waals surface area contributed by atoms with Crippen LogP contribution in [0.1, 0.15) is 22.8 Å². The van der Waals surface area contributed by atoms with Crippen molar-refractivity contribution in [3.63, 3.8) is 0 Å². The Morgan fingerprint density at radius 3 is 2.82 bits per heavy atom. The van der Waals surface area contributed by atoms with Crippen LogP contribution in [0.5, 0.6) is 0 Å². The van der Waals surface area contributed by atoms with E-state index in [2.05, 4.69) is 20.4 Å². The van der Waals surface area contributed by atoms with E-state index in [0.717, 1.165) is 17.1 Å². The normalized spacial score (nSPS) is 9.94. The first kappa shape index (κ1) is 11.1. The van der Waals surface area contributed by atoms with Crippen LogP contribution in [0.15, 0.2) is 16.7 Å². The molecule has 1 N–H and O–H groups in total. The van der Waals surface area contributed by atoms with Crippen LogP contribution in [0, 0.1) is 25.2 Å². The summed E-state index contributed by atoms with van der Waals surface area (Å²) in [5.41, 5.74) is 1.86. The lowest BCUT2D eigenvalue weighted by molar-refractivity contribution is 0.391. The Morgan fingerprint density at radius 2 is 2.18 bits per heavy atom. The van der Waals surface area contributed by atoms with Crippen LogP contribution in [0.25, 0.3) is 0 Å². The number of nitrogens with zero attached hydrogens (tertiary/aromatic N) is 4. The zero-order valence-electron chi connectivity index (χ0n) is 9.56. The van der Waals surface area contributed by atoms with Crippen LogP contribution in [0.2, 0.25) is 0 Å². The number of nitriles is 1. The predicted octanol–water partition coefficient (Wildman–Crippen LogP) is 1.57. The first-order chi connectivity index (χ1) is 8.17. The highest BCUT2D eigenvalue weighted by molar-refractivity contribution is 5.33. The van der Waals surface area contributed by atoms with Crippen LogP contribution < -0.4 is 5.32 Å². The fourth-order valence-corrected chi connectivity index (χ4v) is 1.38. The third kappa shape index (κ3) is 2.78. The summed E-state index contributed by atoms with van der Waals surface area (Å²) in [6.07, 6.45) is 0. The smallest absolute Gasteiger partial charge is 0.224 e. The number of nitrogens with one attached hydrogen (secondary N) is 1. The minimum atomic E-state index is 0.344. The minimum Gasteiger partial charge on any atom is -0.361 e. The fraction of sp³-hybridized carbons (Fsp3) is 0.273. The number of rotatable bonds is 3. The molecule has 6 nitrogen and oxygen atoms in total. The molecular formula is C11H11N5O. The van der Waals surface area contributed by atoms with E-state index in [1.54, 1.807) is 6.07 Å². The van der Waals surface area contributed by atoms with Gasteiger partial charge in [-0.3, -0.25) is 0 Å². The highest BCUT2D eigenvalue weighted by Gasteiger charge is 2.03. The molecule has 17 heavy (non-hydrogen) atoms. The van der Waals surface area contributed by atoms with Crippen LogP contribution >= 0.6 is 0 Å². The summed E-state index contributed by atoms with van der Waals surface area (Å²) in [7, 11) is 0. The van der Waals surface area contributed by atoms with Crippen molar-refractivity contribution in [3.8, 4) is 6.07 Å². The summed E-state index contributed by atoms with van der Waals surface area (Å²) in [4.78, 5) is 8.20. The first-order valence-corrected chi connectivity index (χ1v) is 5.09. The molecule has 0 aromatic carbocycles. The molecule has 0 fully saturated rings. The van der Waals surface area contributed by atoms with Gasteiger partial charge in [0.1, 0.15) is 23.2 Å². The lowest BCUT2D eigenvalue weighted by Crippen LogP contribution is -2.05. The van der Waals surface area contributed by atoms with E-state index in [4.69, 9.17) is 9.78 Å². The van der Waals surface area contributed by atoms with E-state index in [-0.39, 0.29) is 0 Å². The average molecular weight is 229 g/mol. The second kappa shape index (κ2) is 4.61. The van der Waals surface area contributed by atoms with Crippen LogP contribution in [0.4, 0.5) is 5.95 Å². The Morgan fingerprint density at radius 1 is 1.35 bits per heavy atom. The topological polar surface area (TPSA) is 87.6 Å². The van der Waals surface area contributed by atoms with E-state index in [1.165, 1.54) is 0 Å². The van der Waals surface area contributed by atoms with E-state index in [0.29, 0.717) is 18.2 Å². The van der Waals surface area contributed by atoms with Gasteiger partial charge in [-0.1, -0.05) is 5.16 Å². The van der Waals surface area contributed by atoms with Gasteiger partial charge in [-0.15, -0.1) is 0 Å². The van der Waals surface area contributed by atoms with Crippen LogP contribution in [-0.2, 0) is 6.54 Å². The second-order valence-corrected chi connectivity index (χ2v) is 3.61. The monoisotopic (exact) mass is 229 g/mol. The zero-order valence-corrected chi connectivity index (χ0v) is 9.56. The summed E-state index contributed by atoms with van der Waals surface area (Å²) in [5, 5.41) is 15.6. The Balaban J connectivity index is 2.09.